The van der Waals surface area contributed by atoms with E-state index in [9.17, 15) is 0 Å². The van der Waals surface area contributed by atoms with Gasteiger partial charge in [0.1, 0.15) is 0 Å². The zero-order chi connectivity index (χ0) is 9.97. The number of halogens is 1. The van der Waals surface area contributed by atoms with Crippen LogP contribution in [0.4, 0.5) is 0 Å². The van der Waals surface area contributed by atoms with E-state index in [-0.39, 0.29) is 12.6 Å². The Morgan fingerprint density at radius 1 is 1.36 bits per heavy atom. The molecule has 0 radical (unpaired) electrons. The minimum Gasteiger partial charge on any atom is -0.395 e. The summed E-state index contributed by atoms with van der Waals surface area (Å²) in [5.41, 5.74) is 1.29. The molecule has 1 heterocycles. The molecule has 1 aliphatic heterocycles. The van der Waals surface area contributed by atoms with Crippen LogP contribution in [-0.2, 0) is 0 Å². The Bertz CT molecular complexity index is 316. The molecule has 2 nitrogen and oxygen atoms in total. The third-order valence-corrected chi connectivity index (χ3v) is 3.46. The summed E-state index contributed by atoms with van der Waals surface area (Å²) >= 11 is 3.55. The number of benzene rings is 1. The predicted octanol–water partition coefficient (Wildman–Crippen LogP) is 2.23. The Labute approximate surface area is 92.5 Å². The molecule has 3 heteroatoms. The van der Waals surface area contributed by atoms with Gasteiger partial charge in [0, 0.05) is 16.6 Å². The highest BCUT2D eigenvalue weighted by Crippen LogP contribution is 2.31. The zero-order valence-corrected chi connectivity index (χ0v) is 9.50. The lowest BCUT2D eigenvalue weighted by Gasteiger charge is -2.14. The Hall–Kier alpha value is -0.380. The van der Waals surface area contributed by atoms with Crippen molar-refractivity contribution in [1.82, 2.24) is 5.32 Å². The standard InChI is InChI=1S/C11H14BrNO/c12-10-4-2-1-3-9(10)11-6-5-8(7-14)13-11/h1-4,8,11,13-14H,5-7H2/t8-,11+/m0/s1. The lowest BCUT2D eigenvalue weighted by Crippen LogP contribution is -2.27. The van der Waals surface area contributed by atoms with E-state index in [0.717, 1.165) is 17.3 Å². The summed E-state index contributed by atoms with van der Waals surface area (Å²) in [5.74, 6) is 0. The smallest absolute Gasteiger partial charge is 0.0584 e. The predicted molar refractivity (Wildman–Crippen MR) is 60.1 cm³/mol. The van der Waals surface area contributed by atoms with Crippen LogP contribution in [0.1, 0.15) is 24.4 Å². The second-order valence-electron chi connectivity index (χ2n) is 3.70. The highest BCUT2D eigenvalue weighted by atomic mass is 79.9. The first-order valence-electron chi connectivity index (χ1n) is 4.92. The topological polar surface area (TPSA) is 32.3 Å². The average Bonchev–Trinajstić information content (AvgIpc) is 2.67. The van der Waals surface area contributed by atoms with Gasteiger partial charge in [-0.15, -0.1) is 0 Å². The molecule has 0 aliphatic carbocycles. The third kappa shape index (κ3) is 2.00. The summed E-state index contributed by atoms with van der Waals surface area (Å²) in [6.45, 7) is 0.237. The van der Waals surface area contributed by atoms with E-state index in [1.807, 2.05) is 12.1 Å². The largest absolute Gasteiger partial charge is 0.395 e. The monoisotopic (exact) mass is 255 g/mol. The molecule has 76 valence electrons. The molecule has 14 heavy (non-hydrogen) atoms. The molecule has 1 saturated heterocycles. The van der Waals surface area contributed by atoms with Gasteiger partial charge >= 0.3 is 0 Å². The SMILES string of the molecule is OC[C@@H]1CC[C@H](c2ccccc2Br)N1. The Balaban J connectivity index is 2.13. The van der Waals surface area contributed by atoms with Gasteiger partial charge in [0.25, 0.3) is 0 Å². The maximum atomic E-state index is 9.03. The summed E-state index contributed by atoms with van der Waals surface area (Å²) in [5, 5.41) is 12.4. The number of hydrogen-bond acceptors (Lipinski definition) is 2. The van der Waals surface area contributed by atoms with Gasteiger partial charge in [-0.05, 0) is 24.5 Å². The normalized spacial score (nSPS) is 26.7. The van der Waals surface area contributed by atoms with Crippen molar-refractivity contribution in [3.8, 4) is 0 Å². The van der Waals surface area contributed by atoms with Crippen molar-refractivity contribution < 1.29 is 5.11 Å². The lowest BCUT2D eigenvalue weighted by molar-refractivity contribution is 0.251. The molecule has 0 unspecified atom stereocenters. The maximum absolute atomic E-state index is 9.03. The fraction of sp³-hybridized carbons (Fsp3) is 0.455. The lowest BCUT2D eigenvalue weighted by atomic mass is 10.1. The molecule has 1 fully saturated rings. The summed E-state index contributed by atoms with van der Waals surface area (Å²) < 4.78 is 1.15. The van der Waals surface area contributed by atoms with Gasteiger partial charge in [-0.25, -0.2) is 0 Å². The quantitative estimate of drug-likeness (QED) is 0.850. The van der Waals surface area contributed by atoms with Crippen LogP contribution in [0.2, 0.25) is 0 Å². The highest BCUT2D eigenvalue weighted by molar-refractivity contribution is 9.10. The van der Waals surface area contributed by atoms with E-state index in [2.05, 4.69) is 33.4 Å². The van der Waals surface area contributed by atoms with Gasteiger partial charge in [0.15, 0.2) is 0 Å². The first-order valence-corrected chi connectivity index (χ1v) is 5.72. The fourth-order valence-corrected chi connectivity index (χ4v) is 2.53. The highest BCUT2D eigenvalue weighted by Gasteiger charge is 2.25. The van der Waals surface area contributed by atoms with E-state index >= 15 is 0 Å². The number of aliphatic hydroxyl groups excluding tert-OH is 1. The Kier molecular flexibility index (Phi) is 3.21. The van der Waals surface area contributed by atoms with Crippen LogP contribution in [0, 0.1) is 0 Å². The fourth-order valence-electron chi connectivity index (χ4n) is 1.97. The van der Waals surface area contributed by atoms with Crippen molar-refractivity contribution in [3.63, 3.8) is 0 Å². The molecule has 2 N–H and O–H groups in total. The molecule has 0 aromatic heterocycles. The second-order valence-corrected chi connectivity index (χ2v) is 4.55. The van der Waals surface area contributed by atoms with Crippen LogP contribution in [0.15, 0.2) is 28.7 Å². The molecule has 1 aromatic carbocycles. The molecule has 2 atom stereocenters. The molecule has 0 amide bonds. The molecule has 2 rings (SSSR count). The van der Waals surface area contributed by atoms with Gasteiger partial charge in [-0.2, -0.15) is 0 Å². The van der Waals surface area contributed by atoms with Crippen molar-refractivity contribution >= 4 is 15.9 Å². The average molecular weight is 256 g/mol. The van der Waals surface area contributed by atoms with Crippen LogP contribution >= 0.6 is 15.9 Å². The summed E-state index contributed by atoms with van der Waals surface area (Å²) in [6, 6.07) is 8.92. The second kappa shape index (κ2) is 4.43. The van der Waals surface area contributed by atoms with Crippen LogP contribution in [0.25, 0.3) is 0 Å². The number of hydrogen-bond donors (Lipinski definition) is 2. The minimum absolute atomic E-state index is 0.237. The van der Waals surface area contributed by atoms with E-state index in [0.29, 0.717) is 6.04 Å². The van der Waals surface area contributed by atoms with Gasteiger partial charge in [0.2, 0.25) is 0 Å². The molecule has 0 spiro atoms. The van der Waals surface area contributed by atoms with E-state index in [1.54, 1.807) is 0 Å². The van der Waals surface area contributed by atoms with Crippen molar-refractivity contribution in [2.24, 2.45) is 0 Å². The molecular weight excluding hydrogens is 242 g/mol. The van der Waals surface area contributed by atoms with E-state index in [1.165, 1.54) is 5.56 Å². The third-order valence-electron chi connectivity index (χ3n) is 2.74. The van der Waals surface area contributed by atoms with Gasteiger partial charge in [-0.1, -0.05) is 34.1 Å². The summed E-state index contributed by atoms with van der Waals surface area (Å²) in [7, 11) is 0. The van der Waals surface area contributed by atoms with E-state index < -0.39 is 0 Å². The van der Waals surface area contributed by atoms with Crippen molar-refractivity contribution in [3.05, 3.63) is 34.3 Å². The summed E-state index contributed by atoms with van der Waals surface area (Å²) in [4.78, 5) is 0. The van der Waals surface area contributed by atoms with Gasteiger partial charge in [0.05, 0.1) is 6.61 Å². The first kappa shape index (κ1) is 10.1. The van der Waals surface area contributed by atoms with Crippen LogP contribution in [-0.4, -0.2) is 17.8 Å². The maximum Gasteiger partial charge on any atom is 0.0584 e. The molecule has 1 aliphatic rings. The number of aliphatic hydroxyl groups is 1. The molecule has 1 aromatic rings. The van der Waals surface area contributed by atoms with Crippen LogP contribution in [0.3, 0.4) is 0 Å². The molecular formula is C11H14BrNO. The van der Waals surface area contributed by atoms with Crippen LogP contribution < -0.4 is 5.32 Å². The van der Waals surface area contributed by atoms with E-state index in [4.69, 9.17) is 5.11 Å². The van der Waals surface area contributed by atoms with Crippen molar-refractivity contribution in [1.29, 1.82) is 0 Å². The Morgan fingerprint density at radius 3 is 2.79 bits per heavy atom. The van der Waals surface area contributed by atoms with Crippen molar-refractivity contribution in [2.45, 2.75) is 24.9 Å². The minimum atomic E-state index is 0.237. The van der Waals surface area contributed by atoms with Crippen molar-refractivity contribution in [2.75, 3.05) is 6.61 Å². The van der Waals surface area contributed by atoms with Crippen LogP contribution in [0.5, 0.6) is 0 Å². The number of nitrogens with one attached hydrogen (secondary N) is 1. The first-order chi connectivity index (χ1) is 6.81. The van der Waals surface area contributed by atoms with Gasteiger partial charge < -0.3 is 10.4 Å². The van der Waals surface area contributed by atoms with Gasteiger partial charge in [-0.3, -0.25) is 0 Å². The molecule has 0 bridgehead atoms. The summed E-state index contributed by atoms with van der Waals surface area (Å²) in [6.07, 6.45) is 2.16. The number of rotatable bonds is 2. The Morgan fingerprint density at radius 2 is 2.14 bits per heavy atom. The molecule has 0 saturated carbocycles. The zero-order valence-electron chi connectivity index (χ0n) is 7.91.